The van der Waals surface area contributed by atoms with Crippen molar-refractivity contribution >= 4 is 22.0 Å². The van der Waals surface area contributed by atoms with Crippen molar-refractivity contribution in [2.45, 2.75) is 32.3 Å². The second kappa shape index (κ2) is 6.99. The van der Waals surface area contributed by atoms with Gasteiger partial charge in [-0.25, -0.2) is 9.78 Å². The normalized spacial score (nSPS) is 12.9. The van der Waals surface area contributed by atoms with Crippen molar-refractivity contribution in [3.63, 3.8) is 0 Å². The molecule has 0 spiro atoms. The standard InChI is InChI=1S/C13H19BrFN3O2/c1-13(2,3)20-12(19)18-6-8(5-16)10-4-9(14)7-17-11(10)15/h4,7-8H,5-6,16H2,1-3H3,(H,18,19). The van der Waals surface area contributed by atoms with Gasteiger partial charge < -0.3 is 15.8 Å². The highest BCUT2D eigenvalue weighted by molar-refractivity contribution is 9.10. The van der Waals surface area contributed by atoms with Crippen LogP contribution in [0.1, 0.15) is 32.3 Å². The molecule has 0 aromatic carbocycles. The second-order valence-electron chi connectivity index (χ2n) is 5.35. The number of nitrogens with two attached hydrogens (primary N) is 1. The summed E-state index contributed by atoms with van der Waals surface area (Å²) in [5, 5.41) is 2.58. The molecule has 1 unspecified atom stereocenters. The van der Waals surface area contributed by atoms with Crippen molar-refractivity contribution in [2.24, 2.45) is 5.73 Å². The summed E-state index contributed by atoms with van der Waals surface area (Å²) in [6.07, 6.45) is 0.813. The van der Waals surface area contributed by atoms with Crippen LogP contribution in [0.5, 0.6) is 0 Å². The Morgan fingerprint density at radius 3 is 2.80 bits per heavy atom. The molecule has 0 bridgehead atoms. The van der Waals surface area contributed by atoms with Crippen molar-refractivity contribution < 1.29 is 13.9 Å². The van der Waals surface area contributed by atoms with E-state index >= 15 is 0 Å². The summed E-state index contributed by atoms with van der Waals surface area (Å²) >= 11 is 3.23. The summed E-state index contributed by atoms with van der Waals surface area (Å²) < 4.78 is 19.4. The summed E-state index contributed by atoms with van der Waals surface area (Å²) in [5.74, 6) is -0.956. The molecule has 0 saturated carbocycles. The van der Waals surface area contributed by atoms with E-state index in [1.165, 1.54) is 6.20 Å². The first-order valence-electron chi connectivity index (χ1n) is 6.21. The highest BCUT2D eigenvalue weighted by Gasteiger charge is 2.20. The molecule has 1 amide bonds. The predicted molar refractivity (Wildman–Crippen MR) is 77.9 cm³/mol. The Hall–Kier alpha value is -1.21. The second-order valence-corrected chi connectivity index (χ2v) is 6.26. The molecule has 5 nitrogen and oxygen atoms in total. The van der Waals surface area contributed by atoms with Crippen LogP contribution in [0.4, 0.5) is 9.18 Å². The highest BCUT2D eigenvalue weighted by atomic mass is 79.9. The van der Waals surface area contributed by atoms with Gasteiger partial charge >= 0.3 is 6.09 Å². The number of alkyl carbamates (subject to hydrolysis) is 1. The Kier molecular flexibility index (Phi) is 5.88. The van der Waals surface area contributed by atoms with Gasteiger partial charge in [-0.05, 0) is 42.8 Å². The van der Waals surface area contributed by atoms with E-state index in [-0.39, 0.29) is 19.0 Å². The molecular formula is C13H19BrFN3O2. The van der Waals surface area contributed by atoms with Crippen LogP contribution in [0.15, 0.2) is 16.7 Å². The van der Waals surface area contributed by atoms with Crippen molar-refractivity contribution in [1.82, 2.24) is 10.3 Å². The average Bonchev–Trinajstić information content (AvgIpc) is 2.32. The predicted octanol–water partition coefficient (Wildman–Crippen LogP) is 2.55. The molecule has 0 aliphatic carbocycles. The molecule has 1 rings (SSSR count). The van der Waals surface area contributed by atoms with Gasteiger partial charge in [-0.2, -0.15) is 4.39 Å². The maximum Gasteiger partial charge on any atom is 0.407 e. The number of pyridine rings is 1. The van der Waals surface area contributed by atoms with Crippen molar-refractivity contribution in [2.75, 3.05) is 13.1 Å². The summed E-state index contributed by atoms with van der Waals surface area (Å²) in [7, 11) is 0. The Morgan fingerprint density at radius 1 is 1.60 bits per heavy atom. The highest BCUT2D eigenvalue weighted by Crippen LogP contribution is 2.20. The minimum atomic E-state index is -0.588. The number of rotatable bonds is 4. The van der Waals surface area contributed by atoms with Crippen LogP contribution in [0, 0.1) is 5.95 Å². The molecule has 0 radical (unpaired) electrons. The Labute approximate surface area is 126 Å². The number of nitrogens with zero attached hydrogens (tertiary/aromatic N) is 1. The van der Waals surface area contributed by atoms with Crippen molar-refractivity contribution in [3.8, 4) is 0 Å². The number of hydrogen-bond donors (Lipinski definition) is 2. The lowest BCUT2D eigenvalue weighted by Crippen LogP contribution is -2.36. The zero-order valence-electron chi connectivity index (χ0n) is 11.7. The van der Waals surface area contributed by atoms with E-state index in [4.69, 9.17) is 10.5 Å². The molecule has 0 aliphatic heterocycles. The van der Waals surface area contributed by atoms with E-state index in [1.54, 1.807) is 26.8 Å². The first-order valence-corrected chi connectivity index (χ1v) is 7.00. The summed E-state index contributed by atoms with van der Waals surface area (Å²) in [5.41, 5.74) is 5.42. The van der Waals surface area contributed by atoms with E-state index in [1.807, 2.05) is 0 Å². The van der Waals surface area contributed by atoms with E-state index in [0.29, 0.717) is 10.0 Å². The monoisotopic (exact) mass is 347 g/mol. The maximum atomic E-state index is 13.7. The smallest absolute Gasteiger partial charge is 0.407 e. The molecule has 0 aliphatic rings. The van der Waals surface area contributed by atoms with Crippen LogP contribution in [-0.2, 0) is 4.74 Å². The van der Waals surface area contributed by atoms with Crippen LogP contribution in [0.2, 0.25) is 0 Å². The van der Waals surface area contributed by atoms with Crippen LogP contribution >= 0.6 is 15.9 Å². The molecule has 20 heavy (non-hydrogen) atoms. The van der Waals surface area contributed by atoms with Gasteiger partial charge in [0.15, 0.2) is 0 Å². The van der Waals surface area contributed by atoms with Gasteiger partial charge in [-0.1, -0.05) is 0 Å². The number of ether oxygens (including phenoxy) is 1. The fourth-order valence-corrected chi connectivity index (χ4v) is 1.91. The zero-order chi connectivity index (χ0) is 15.3. The third-order valence-corrected chi connectivity index (χ3v) is 2.88. The van der Waals surface area contributed by atoms with Gasteiger partial charge in [0.2, 0.25) is 5.95 Å². The Balaban J connectivity index is 2.68. The molecule has 7 heteroatoms. The van der Waals surface area contributed by atoms with Crippen LogP contribution in [0.25, 0.3) is 0 Å². The van der Waals surface area contributed by atoms with Gasteiger partial charge in [0, 0.05) is 35.2 Å². The summed E-state index contributed by atoms with van der Waals surface area (Å²) in [4.78, 5) is 15.2. The van der Waals surface area contributed by atoms with Crippen molar-refractivity contribution in [3.05, 3.63) is 28.2 Å². The number of amides is 1. The minimum Gasteiger partial charge on any atom is -0.444 e. The van der Waals surface area contributed by atoms with Gasteiger partial charge in [0.05, 0.1) is 0 Å². The maximum absolute atomic E-state index is 13.7. The average molecular weight is 348 g/mol. The molecule has 0 fully saturated rings. The van der Waals surface area contributed by atoms with Crippen LogP contribution in [-0.4, -0.2) is 29.8 Å². The third kappa shape index (κ3) is 5.42. The van der Waals surface area contributed by atoms with Crippen molar-refractivity contribution in [1.29, 1.82) is 0 Å². The number of carbonyl (C=O) groups is 1. The lowest BCUT2D eigenvalue weighted by Gasteiger charge is -2.21. The molecular weight excluding hydrogens is 329 g/mol. The van der Waals surface area contributed by atoms with E-state index in [0.717, 1.165) is 0 Å². The molecule has 1 aromatic heterocycles. The fourth-order valence-electron chi connectivity index (χ4n) is 1.57. The van der Waals surface area contributed by atoms with Crippen LogP contribution in [0.3, 0.4) is 0 Å². The molecule has 1 heterocycles. The number of hydrogen-bond acceptors (Lipinski definition) is 4. The lowest BCUT2D eigenvalue weighted by atomic mass is 10.0. The van der Waals surface area contributed by atoms with E-state index in [9.17, 15) is 9.18 Å². The van der Waals surface area contributed by atoms with Gasteiger partial charge in [-0.3, -0.25) is 0 Å². The number of halogens is 2. The first kappa shape index (κ1) is 16.8. The Morgan fingerprint density at radius 2 is 2.25 bits per heavy atom. The van der Waals surface area contributed by atoms with Gasteiger partial charge in [0.25, 0.3) is 0 Å². The topological polar surface area (TPSA) is 77.2 Å². The SMILES string of the molecule is CC(C)(C)OC(=O)NCC(CN)c1cc(Br)cnc1F. The van der Waals surface area contributed by atoms with Crippen LogP contribution < -0.4 is 11.1 Å². The number of nitrogens with one attached hydrogen (secondary N) is 1. The van der Waals surface area contributed by atoms with E-state index < -0.39 is 17.6 Å². The number of aromatic nitrogens is 1. The molecule has 1 atom stereocenters. The summed E-state index contributed by atoms with van der Waals surface area (Å²) in [6.45, 7) is 5.67. The minimum absolute atomic E-state index is 0.181. The lowest BCUT2D eigenvalue weighted by molar-refractivity contribution is 0.0524. The Bertz CT molecular complexity index is 477. The zero-order valence-corrected chi connectivity index (χ0v) is 13.3. The fraction of sp³-hybridized carbons (Fsp3) is 0.538. The van der Waals surface area contributed by atoms with Gasteiger partial charge in [-0.15, -0.1) is 0 Å². The first-order chi connectivity index (χ1) is 9.23. The van der Waals surface area contributed by atoms with Gasteiger partial charge in [0.1, 0.15) is 5.60 Å². The third-order valence-electron chi connectivity index (χ3n) is 2.45. The quantitative estimate of drug-likeness (QED) is 0.820. The summed E-state index contributed by atoms with van der Waals surface area (Å²) in [6, 6.07) is 1.61. The number of carbonyl (C=O) groups excluding carboxylic acids is 1. The molecule has 3 N–H and O–H groups in total. The van der Waals surface area contributed by atoms with E-state index in [2.05, 4.69) is 26.2 Å². The molecule has 112 valence electrons. The largest absolute Gasteiger partial charge is 0.444 e. The molecule has 1 aromatic rings. The molecule has 0 saturated heterocycles.